The molecule has 0 aliphatic carbocycles. The van der Waals surface area contributed by atoms with Gasteiger partial charge in [0, 0.05) is 17.8 Å². The number of para-hydroxylation sites is 1. The fraction of sp³-hybridized carbons (Fsp3) is 0.136. The van der Waals surface area contributed by atoms with E-state index in [1.165, 1.54) is 25.3 Å². The molecule has 6 nitrogen and oxygen atoms in total. The number of halogens is 3. The summed E-state index contributed by atoms with van der Waals surface area (Å²) in [5, 5.41) is 14.6. The van der Waals surface area contributed by atoms with Crippen LogP contribution in [0.3, 0.4) is 0 Å². The van der Waals surface area contributed by atoms with Crippen molar-refractivity contribution in [2.24, 2.45) is 0 Å². The van der Waals surface area contributed by atoms with Crippen molar-refractivity contribution in [1.82, 2.24) is 15.1 Å². The zero-order valence-electron chi connectivity index (χ0n) is 16.2. The fourth-order valence-electron chi connectivity index (χ4n) is 2.84. The smallest absolute Gasteiger partial charge is 0.416 e. The van der Waals surface area contributed by atoms with Gasteiger partial charge in [-0.2, -0.15) is 18.2 Å². The molecule has 1 N–H and O–H groups in total. The van der Waals surface area contributed by atoms with E-state index in [-0.39, 0.29) is 17.3 Å². The van der Waals surface area contributed by atoms with Crippen molar-refractivity contribution in [3.05, 3.63) is 89.9 Å². The van der Waals surface area contributed by atoms with Gasteiger partial charge in [0.25, 0.3) is 5.89 Å². The summed E-state index contributed by atoms with van der Waals surface area (Å²) in [5.74, 6) is 0.865. The molecule has 4 aromatic rings. The van der Waals surface area contributed by atoms with Gasteiger partial charge in [-0.15, -0.1) is 0 Å². The minimum Gasteiger partial charge on any atom is -0.439 e. The summed E-state index contributed by atoms with van der Waals surface area (Å²) in [7, 11) is 0. The van der Waals surface area contributed by atoms with Crippen LogP contribution in [0.2, 0.25) is 0 Å². The molecule has 1 unspecified atom stereocenters. The van der Waals surface area contributed by atoms with E-state index in [0.29, 0.717) is 17.2 Å². The Hall–Kier alpha value is -3.72. The number of hydrogen-bond acceptors (Lipinski definition) is 6. The van der Waals surface area contributed by atoms with Gasteiger partial charge in [-0.25, -0.2) is 4.98 Å². The topological polar surface area (TPSA) is 81.3 Å². The highest BCUT2D eigenvalue weighted by molar-refractivity contribution is 5.53. The third kappa shape index (κ3) is 4.41. The maximum absolute atomic E-state index is 13.0. The first-order chi connectivity index (χ1) is 14.7. The Morgan fingerprint density at radius 2 is 1.68 bits per heavy atom. The predicted octanol–water partition coefficient (Wildman–Crippen LogP) is 5.20. The number of hydrogen-bond donors (Lipinski definition) is 1. The van der Waals surface area contributed by atoms with Crippen molar-refractivity contribution < 1.29 is 27.5 Å². The molecule has 0 aliphatic rings. The number of rotatable bonds is 5. The second-order valence-electron chi connectivity index (χ2n) is 6.87. The lowest BCUT2D eigenvalue weighted by molar-refractivity contribution is -0.137. The van der Waals surface area contributed by atoms with Crippen molar-refractivity contribution in [2.45, 2.75) is 18.7 Å². The number of alkyl halides is 3. The first kappa shape index (κ1) is 20.5. The van der Waals surface area contributed by atoms with Gasteiger partial charge in [-0.1, -0.05) is 35.5 Å². The highest BCUT2D eigenvalue weighted by Crippen LogP contribution is 2.35. The van der Waals surface area contributed by atoms with E-state index in [1.54, 1.807) is 24.3 Å². The minimum atomic E-state index is -4.54. The zero-order chi connectivity index (χ0) is 22.1. The van der Waals surface area contributed by atoms with Crippen LogP contribution >= 0.6 is 0 Å². The number of ether oxygens (including phenoxy) is 1. The number of benzene rings is 2. The molecule has 158 valence electrons. The standard InChI is InChI=1S/C22H16F3N3O3/c1-21(29,15-6-5-7-16(12-15)22(23,24)25)20-27-19(28-31-20)14-10-11-18(26-13-14)30-17-8-3-2-4-9-17/h2-13,29H,1H3. The van der Waals surface area contributed by atoms with Gasteiger partial charge in [-0.05, 0) is 42.8 Å². The van der Waals surface area contributed by atoms with E-state index in [1.807, 2.05) is 18.2 Å². The molecular weight excluding hydrogens is 411 g/mol. The van der Waals surface area contributed by atoms with Crippen LogP contribution in [0.4, 0.5) is 13.2 Å². The maximum atomic E-state index is 13.0. The van der Waals surface area contributed by atoms with E-state index in [9.17, 15) is 18.3 Å². The summed E-state index contributed by atoms with van der Waals surface area (Å²) >= 11 is 0. The lowest BCUT2D eigenvalue weighted by atomic mass is 9.94. The van der Waals surface area contributed by atoms with E-state index in [4.69, 9.17) is 9.26 Å². The van der Waals surface area contributed by atoms with E-state index < -0.39 is 17.3 Å². The highest BCUT2D eigenvalue weighted by atomic mass is 19.4. The Kier molecular flexibility index (Phi) is 5.20. The quantitative estimate of drug-likeness (QED) is 0.472. The summed E-state index contributed by atoms with van der Waals surface area (Å²) in [6, 6.07) is 16.7. The largest absolute Gasteiger partial charge is 0.439 e. The van der Waals surface area contributed by atoms with Gasteiger partial charge in [-0.3, -0.25) is 0 Å². The van der Waals surface area contributed by atoms with Crippen molar-refractivity contribution in [2.75, 3.05) is 0 Å². The lowest BCUT2D eigenvalue weighted by Crippen LogP contribution is -2.24. The molecule has 9 heteroatoms. The van der Waals surface area contributed by atoms with Gasteiger partial charge in [0.05, 0.1) is 5.56 Å². The third-order valence-electron chi connectivity index (χ3n) is 4.55. The van der Waals surface area contributed by atoms with Crippen molar-refractivity contribution in [1.29, 1.82) is 0 Å². The molecule has 0 spiro atoms. The molecule has 2 heterocycles. The molecule has 0 fully saturated rings. The van der Waals surface area contributed by atoms with Crippen molar-refractivity contribution >= 4 is 0 Å². The fourth-order valence-corrected chi connectivity index (χ4v) is 2.84. The highest BCUT2D eigenvalue weighted by Gasteiger charge is 2.36. The normalized spacial score (nSPS) is 13.6. The summed E-state index contributed by atoms with van der Waals surface area (Å²) in [5.41, 5.74) is -2.35. The Morgan fingerprint density at radius 3 is 2.35 bits per heavy atom. The van der Waals surface area contributed by atoms with Crippen LogP contribution in [-0.2, 0) is 11.8 Å². The summed E-state index contributed by atoms with van der Waals surface area (Å²) < 4.78 is 49.8. The SMILES string of the molecule is CC(O)(c1cccc(C(F)(F)F)c1)c1nc(-c2ccc(Oc3ccccc3)nc2)no1. The van der Waals surface area contributed by atoms with E-state index >= 15 is 0 Å². The Morgan fingerprint density at radius 1 is 0.935 bits per heavy atom. The molecule has 0 aliphatic heterocycles. The summed E-state index contributed by atoms with van der Waals surface area (Å²) in [4.78, 5) is 8.33. The molecule has 0 saturated heterocycles. The van der Waals surface area contributed by atoms with Gasteiger partial charge in [0.2, 0.25) is 11.7 Å². The van der Waals surface area contributed by atoms with Gasteiger partial charge < -0.3 is 14.4 Å². The lowest BCUT2D eigenvalue weighted by Gasteiger charge is -2.20. The van der Waals surface area contributed by atoms with Crippen LogP contribution in [0.1, 0.15) is 23.9 Å². The van der Waals surface area contributed by atoms with Gasteiger partial charge in [0.15, 0.2) is 5.60 Å². The van der Waals surface area contributed by atoms with Gasteiger partial charge in [0.1, 0.15) is 5.75 Å². The number of aliphatic hydroxyl groups is 1. The summed E-state index contributed by atoms with van der Waals surface area (Å²) in [6.45, 7) is 1.29. The number of aromatic nitrogens is 3. The Labute approximate surface area is 175 Å². The first-order valence-corrected chi connectivity index (χ1v) is 9.17. The average Bonchev–Trinajstić information content (AvgIpc) is 3.26. The first-order valence-electron chi connectivity index (χ1n) is 9.17. The van der Waals surface area contributed by atoms with Crippen LogP contribution < -0.4 is 4.74 Å². The number of pyridine rings is 1. The molecule has 0 saturated carbocycles. The molecule has 0 bridgehead atoms. The van der Waals surface area contributed by atoms with Crippen LogP contribution in [0, 0.1) is 0 Å². The number of nitrogens with zero attached hydrogens (tertiary/aromatic N) is 3. The molecular formula is C22H16F3N3O3. The molecule has 2 aromatic carbocycles. The molecule has 1 atom stereocenters. The van der Waals surface area contributed by atoms with Crippen molar-refractivity contribution in [3.63, 3.8) is 0 Å². The average molecular weight is 427 g/mol. The monoisotopic (exact) mass is 427 g/mol. The Balaban J connectivity index is 1.56. The van der Waals surface area contributed by atoms with Crippen LogP contribution in [0.5, 0.6) is 11.6 Å². The molecule has 2 aromatic heterocycles. The molecule has 0 amide bonds. The summed E-state index contributed by atoms with van der Waals surface area (Å²) in [6.07, 6.45) is -3.08. The van der Waals surface area contributed by atoms with Crippen LogP contribution in [0.25, 0.3) is 11.4 Å². The minimum absolute atomic E-state index is 0.0257. The second kappa shape index (κ2) is 7.84. The molecule has 0 radical (unpaired) electrons. The van der Waals surface area contributed by atoms with Gasteiger partial charge >= 0.3 is 6.18 Å². The predicted molar refractivity (Wildman–Crippen MR) is 104 cm³/mol. The Bertz CT molecular complexity index is 1170. The molecule has 4 rings (SSSR count). The van der Waals surface area contributed by atoms with Crippen molar-refractivity contribution in [3.8, 4) is 23.0 Å². The maximum Gasteiger partial charge on any atom is 0.416 e. The molecule has 31 heavy (non-hydrogen) atoms. The van der Waals surface area contributed by atoms with E-state index in [0.717, 1.165) is 12.1 Å². The van der Waals surface area contributed by atoms with Crippen LogP contribution in [0.15, 0.2) is 77.4 Å². The zero-order valence-corrected chi connectivity index (χ0v) is 16.2. The van der Waals surface area contributed by atoms with E-state index in [2.05, 4.69) is 15.1 Å². The second-order valence-corrected chi connectivity index (χ2v) is 6.87. The third-order valence-corrected chi connectivity index (χ3v) is 4.55. The van der Waals surface area contributed by atoms with Crippen LogP contribution in [-0.4, -0.2) is 20.2 Å².